The number of aromatic nitrogens is 1. The van der Waals surface area contributed by atoms with Crippen LogP contribution in [-0.2, 0) is 0 Å². The summed E-state index contributed by atoms with van der Waals surface area (Å²) in [7, 11) is 0. The summed E-state index contributed by atoms with van der Waals surface area (Å²) in [6, 6.07) is 1.79. The molecule has 0 spiro atoms. The minimum atomic E-state index is 0.546. The minimum absolute atomic E-state index is 0.546. The lowest BCUT2D eigenvalue weighted by Gasteiger charge is -2.28. The minimum Gasteiger partial charge on any atom is -0.369 e. The van der Waals surface area contributed by atoms with Gasteiger partial charge in [-0.1, -0.05) is 57.8 Å². The van der Waals surface area contributed by atoms with E-state index in [9.17, 15) is 0 Å². The fraction of sp³-hybridized carbons (Fsp3) is 0.688. The monoisotopic (exact) mass is 331 g/mol. The smallest absolute Gasteiger partial charge is 0.149 e. The number of nitrogens with zero attached hydrogens (tertiary/aromatic N) is 2. The summed E-state index contributed by atoms with van der Waals surface area (Å²) in [5.41, 5.74) is 0. The highest BCUT2D eigenvalue weighted by molar-refractivity contribution is 6.37. The van der Waals surface area contributed by atoms with E-state index in [1.807, 2.05) is 0 Å². The van der Waals surface area contributed by atoms with E-state index in [0.717, 1.165) is 37.7 Å². The lowest BCUT2D eigenvalue weighted by Crippen LogP contribution is -2.32. The molecule has 0 aliphatic heterocycles. The summed E-state index contributed by atoms with van der Waals surface area (Å²) in [6.45, 7) is 13.6. The molecule has 0 amide bonds. The Bertz CT molecular complexity index is 437. The fourth-order valence-corrected chi connectivity index (χ4v) is 2.72. The van der Waals surface area contributed by atoms with Gasteiger partial charge >= 0.3 is 0 Å². The maximum Gasteiger partial charge on any atom is 0.149 e. The Morgan fingerprint density at radius 1 is 1.10 bits per heavy atom. The Kier molecular flexibility index (Phi) is 7.61. The van der Waals surface area contributed by atoms with Crippen LogP contribution in [0.4, 0.5) is 11.6 Å². The average Bonchev–Trinajstić information content (AvgIpc) is 2.36. The van der Waals surface area contributed by atoms with E-state index in [1.54, 1.807) is 6.07 Å². The van der Waals surface area contributed by atoms with Crippen LogP contribution in [0.2, 0.25) is 10.0 Å². The SMILES string of the molecule is CCCNc1nc(N(CC(C)C)CC(C)C)c(Cl)cc1Cl. The molecule has 3 nitrogen and oxygen atoms in total. The summed E-state index contributed by atoms with van der Waals surface area (Å²) in [4.78, 5) is 6.92. The van der Waals surface area contributed by atoms with Crippen molar-refractivity contribution < 1.29 is 0 Å². The van der Waals surface area contributed by atoms with Crippen molar-refractivity contribution in [3.8, 4) is 0 Å². The van der Waals surface area contributed by atoms with Crippen LogP contribution in [0, 0.1) is 11.8 Å². The Morgan fingerprint density at radius 2 is 1.67 bits per heavy atom. The molecule has 0 bridgehead atoms. The number of halogens is 2. The first-order valence-corrected chi connectivity index (χ1v) is 8.45. The van der Waals surface area contributed by atoms with Crippen molar-refractivity contribution in [3.05, 3.63) is 16.1 Å². The van der Waals surface area contributed by atoms with E-state index in [2.05, 4.69) is 49.8 Å². The largest absolute Gasteiger partial charge is 0.369 e. The van der Waals surface area contributed by atoms with E-state index < -0.39 is 0 Å². The Labute approximate surface area is 139 Å². The summed E-state index contributed by atoms with van der Waals surface area (Å²) in [6.07, 6.45) is 1.03. The Hall–Kier alpha value is -0.670. The maximum absolute atomic E-state index is 6.38. The summed E-state index contributed by atoms with van der Waals surface area (Å²) in [5, 5.41) is 4.45. The van der Waals surface area contributed by atoms with Gasteiger partial charge in [-0.3, -0.25) is 0 Å². The second-order valence-electron chi connectivity index (χ2n) is 6.24. The highest BCUT2D eigenvalue weighted by Crippen LogP contribution is 2.32. The van der Waals surface area contributed by atoms with Crippen molar-refractivity contribution in [2.24, 2.45) is 11.8 Å². The number of pyridine rings is 1. The molecule has 120 valence electrons. The predicted octanol–water partition coefficient (Wildman–Crippen LogP) is 5.33. The summed E-state index contributed by atoms with van der Waals surface area (Å²) >= 11 is 12.6. The molecule has 1 aromatic rings. The van der Waals surface area contributed by atoms with Crippen molar-refractivity contribution in [1.82, 2.24) is 4.98 Å². The van der Waals surface area contributed by atoms with Gasteiger partial charge in [0.2, 0.25) is 0 Å². The van der Waals surface area contributed by atoms with Crippen molar-refractivity contribution in [2.75, 3.05) is 29.9 Å². The van der Waals surface area contributed by atoms with Crippen molar-refractivity contribution >= 4 is 34.8 Å². The van der Waals surface area contributed by atoms with Gasteiger partial charge < -0.3 is 10.2 Å². The van der Waals surface area contributed by atoms with E-state index in [-0.39, 0.29) is 0 Å². The van der Waals surface area contributed by atoms with Crippen LogP contribution in [-0.4, -0.2) is 24.6 Å². The van der Waals surface area contributed by atoms with Crippen LogP contribution in [0.1, 0.15) is 41.0 Å². The van der Waals surface area contributed by atoms with Gasteiger partial charge in [0.15, 0.2) is 0 Å². The van der Waals surface area contributed by atoms with Gasteiger partial charge in [0.1, 0.15) is 11.6 Å². The molecule has 5 heteroatoms. The Morgan fingerprint density at radius 3 is 2.14 bits per heavy atom. The highest BCUT2D eigenvalue weighted by atomic mass is 35.5. The highest BCUT2D eigenvalue weighted by Gasteiger charge is 2.17. The number of anilines is 2. The Balaban J connectivity index is 3.10. The first-order valence-electron chi connectivity index (χ1n) is 7.70. The van der Waals surface area contributed by atoms with E-state index in [4.69, 9.17) is 23.2 Å². The molecule has 0 unspecified atom stereocenters. The lowest BCUT2D eigenvalue weighted by atomic mass is 10.1. The van der Waals surface area contributed by atoms with Gasteiger partial charge in [-0.15, -0.1) is 0 Å². The van der Waals surface area contributed by atoms with E-state index in [1.165, 1.54) is 0 Å². The molecule has 21 heavy (non-hydrogen) atoms. The maximum atomic E-state index is 6.38. The molecule has 0 saturated heterocycles. The van der Waals surface area contributed by atoms with Crippen LogP contribution in [0.15, 0.2) is 6.07 Å². The molecule has 1 rings (SSSR count). The molecule has 0 atom stereocenters. The molecule has 1 N–H and O–H groups in total. The van der Waals surface area contributed by atoms with Crippen molar-refractivity contribution in [3.63, 3.8) is 0 Å². The summed E-state index contributed by atoms with van der Waals surface area (Å²) < 4.78 is 0. The van der Waals surface area contributed by atoms with E-state index >= 15 is 0 Å². The van der Waals surface area contributed by atoms with Crippen LogP contribution in [0.25, 0.3) is 0 Å². The molecule has 0 aliphatic rings. The number of rotatable bonds is 8. The normalized spacial score (nSPS) is 11.3. The van der Waals surface area contributed by atoms with Crippen LogP contribution >= 0.6 is 23.2 Å². The van der Waals surface area contributed by atoms with Gasteiger partial charge in [-0.05, 0) is 24.3 Å². The van der Waals surface area contributed by atoms with Crippen LogP contribution < -0.4 is 10.2 Å². The quantitative estimate of drug-likeness (QED) is 0.697. The molecule has 0 radical (unpaired) electrons. The molecule has 0 aliphatic carbocycles. The third-order valence-corrected chi connectivity index (χ3v) is 3.49. The average molecular weight is 332 g/mol. The van der Waals surface area contributed by atoms with Gasteiger partial charge in [-0.25, -0.2) is 4.98 Å². The van der Waals surface area contributed by atoms with Crippen LogP contribution in [0.5, 0.6) is 0 Å². The number of hydrogen-bond donors (Lipinski definition) is 1. The molecule has 0 saturated carbocycles. The third-order valence-electron chi connectivity index (χ3n) is 2.92. The molecular weight excluding hydrogens is 305 g/mol. The van der Waals surface area contributed by atoms with Crippen LogP contribution in [0.3, 0.4) is 0 Å². The van der Waals surface area contributed by atoms with Crippen molar-refractivity contribution in [2.45, 2.75) is 41.0 Å². The zero-order valence-electron chi connectivity index (χ0n) is 13.7. The van der Waals surface area contributed by atoms with Crippen molar-refractivity contribution in [1.29, 1.82) is 0 Å². The summed E-state index contributed by atoms with van der Waals surface area (Å²) in [5.74, 6) is 2.63. The number of hydrogen-bond acceptors (Lipinski definition) is 3. The lowest BCUT2D eigenvalue weighted by molar-refractivity contribution is 0.549. The van der Waals surface area contributed by atoms with E-state index in [0.29, 0.717) is 21.9 Å². The molecular formula is C16H27Cl2N3. The molecule has 0 aromatic carbocycles. The molecule has 0 fully saturated rings. The fourth-order valence-electron chi connectivity index (χ4n) is 2.18. The number of nitrogens with one attached hydrogen (secondary N) is 1. The second-order valence-corrected chi connectivity index (χ2v) is 7.06. The third kappa shape index (κ3) is 5.91. The first-order chi connectivity index (χ1) is 9.85. The van der Waals surface area contributed by atoms with Gasteiger partial charge in [-0.2, -0.15) is 0 Å². The standard InChI is InChI=1S/C16H27Cl2N3/c1-6-7-19-15-13(17)8-14(18)16(20-15)21(9-11(2)3)10-12(4)5/h8,11-12H,6-7,9-10H2,1-5H3,(H,19,20). The first kappa shape index (κ1) is 18.4. The molecule has 1 heterocycles. The topological polar surface area (TPSA) is 28.2 Å². The van der Waals surface area contributed by atoms with Gasteiger partial charge in [0.25, 0.3) is 0 Å². The zero-order valence-corrected chi connectivity index (χ0v) is 15.2. The van der Waals surface area contributed by atoms with Gasteiger partial charge in [0.05, 0.1) is 10.0 Å². The molecule has 1 aromatic heterocycles. The van der Waals surface area contributed by atoms with Gasteiger partial charge in [0, 0.05) is 19.6 Å². The second kappa shape index (κ2) is 8.70. The predicted molar refractivity (Wildman–Crippen MR) is 94.9 cm³/mol. The zero-order chi connectivity index (χ0) is 16.0.